The Morgan fingerprint density at radius 2 is 2.15 bits per heavy atom. The van der Waals surface area contributed by atoms with Gasteiger partial charge in [0.1, 0.15) is 5.69 Å². The van der Waals surface area contributed by atoms with Crippen molar-refractivity contribution in [1.82, 2.24) is 20.3 Å². The van der Waals surface area contributed by atoms with Gasteiger partial charge in [0.25, 0.3) is 0 Å². The number of hydrogen-bond acceptors (Lipinski definition) is 6. The lowest BCUT2D eigenvalue weighted by Gasteiger charge is -2.08. The van der Waals surface area contributed by atoms with E-state index in [9.17, 15) is 0 Å². The summed E-state index contributed by atoms with van der Waals surface area (Å²) in [4.78, 5) is 12.5. The first kappa shape index (κ1) is 13.9. The van der Waals surface area contributed by atoms with Crippen LogP contribution < -0.4 is 11.1 Å². The molecule has 7 heteroatoms. The molecule has 0 aliphatic rings. The summed E-state index contributed by atoms with van der Waals surface area (Å²) in [5, 5.41) is 14.9. The molecule has 0 amide bonds. The van der Waals surface area contributed by atoms with Crippen molar-refractivity contribution in [3.63, 3.8) is 0 Å². The number of nitrogens with one attached hydrogen (secondary N) is 1. The van der Waals surface area contributed by atoms with Crippen molar-refractivity contribution in [2.75, 3.05) is 0 Å². The van der Waals surface area contributed by atoms with E-state index in [0.29, 0.717) is 18.8 Å². The minimum Gasteiger partial charge on any atom is -0.409 e. The first-order valence-corrected chi connectivity index (χ1v) is 6.10. The second-order valence-electron chi connectivity index (χ2n) is 4.25. The zero-order chi connectivity index (χ0) is 14.4. The normalized spacial score (nSPS) is 11.6. The van der Waals surface area contributed by atoms with Gasteiger partial charge in [0.2, 0.25) is 0 Å². The van der Waals surface area contributed by atoms with Gasteiger partial charge >= 0.3 is 0 Å². The number of oxime groups is 1. The Morgan fingerprint density at radius 1 is 1.30 bits per heavy atom. The van der Waals surface area contributed by atoms with Gasteiger partial charge in [-0.3, -0.25) is 15.0 Å². The quantitative estimate of drug-likeness (QED) is 0.317. The number of nitrogens with two attached hydrogens (primary N) is 1. The SMILES string of the molecule is Cc1cnc(CNCc2cccnc2C(N)=NO)cn1. The Hall–Kier alpha value is -2.54. The highest BCUT2D eigenvalue weighted by Gasteiger charge is 2.07. The predicted octanol–water partition coefficient (Wildman–Crippen LogP) is 0.564. The average Bonchev–Trinajstić information content (AvgIpc) is 2.49. The van der Waals surface area contributed by atoms with Crippen LogP contribution in [0, 0.1) is 6.92 Å². The number of aryl methyl sites for hydroxylation is 1. The fourth-order valence-electron chi connectivity index (χ4n) is 1.70. The Kier molecular flexibility index (Phi) is 4.56. The van der Waals surface area contributed by atoms with Gasteiger partial charge in [0.15, 0.2) is 5.84 Å². The van der Waals surface area contributed by atoms with Crippen LogP contribution >= 0.6 is 0 Å². The summed E-state index contributed by atoms with van der Waals surface area (Å²) in [5.74, 6) is -0.00229. The second-order valence-corrected chi connectivity index (χ2v) is 4.25. The Bertz CT molecular complexity index is 596. The highest BCUT2D eigenvalue weighted by molar-refractivity contribution is 5.96. The number of pyridine rings is 1. The van der Waals surface area contributed by atoms with Crippen molar-refractivity contribution in [1.29, 1.82) is 0 Å². The van der Waals surface area contributed by atoms with Crippen LogP contribution in [0.15, 0.2) is 35.9 Å². The van der Waals surface area contributed by atoms with Crippen molar-refractivity contribution in [3.8, 4) is 0 Å². The summed E-state index contributed by atoms with van der Waals surface area (Å²) in [5.41, 5.74) is 8.64. The van der Waals surface area contributed by atoms with Crippen LogP contribution in [0.3, 0.4) is 0 Å². The first-order chi connectivity index (χ1) is 9.70. The molecule has 0 spiro atoms. The minimum absolute atomic E-state index is 0.00229. The Labute approximate surface area is 116 Å². The van der Waals surface area contributed by atoms with E-state index in [1.165, 1.54) is 0 Å². The highest BCUT2D eigenvalue weighted by atomic mass is 16.4. The predicted molar refractivity (Wildman–Crippen MR) is 74.1 cm³/mol. The molecule has 0 aromatic carbocycles. The molecule has 104 valence electrons. The molecule has 4 N–H and O–H groups in total. The van der Waals surface area contributed by atoms with E-state index in [0.717, 1.165) is 17.0 Å². The smallest absolute Gasteiger partial charge is 0.189 e. The van der Waals surface area contributed by atoms with Crippen LogP contribution in [0.2, 0.25) is 0 Å². The Morgan fingerprint density at radius 3 is 2.85 bits per heavy atom. The summed E-state index contributed by atoms with van der Waals surface area (Å²) < 4.78 is 0. The molecule has 2 aromatic heterocycles. The first-order valence-electron chi connectivity index (χ1n) is 6.10. The number of nitrogens with zero attached hydrogens (tertiary/aromatic N) is 4. The molecule has 0 unspecified atom stereocenters. The van der Waals surface area contributed by atoms with Crippen LogP contribution in [0.1, 0.15) is 22.6 Å². The molecule has 7 nitrogen and oxygen atoms in total. The molecule has 2 heterocycles. The van der Waals surface area contributed by atoms with Gasteiger partial charge in [-0.15, -0.1) is 0 Å². The molecule has 0 saturated heterocycles. The van der Waals surface area contributed by atoms with E-state index in [2.05, 4.69) is 25.4 Å². The zero-order valence-corrected chi connectivity index (χ0v) is 11.1. The van der Waals surface area contributed by atoms with Gasteiger partial charge in [-0.1, -0.05) is 11.2 Å². The van der Waals surface area contributed by atoms with Crippen molar-refractivity contribution in [2.45, 2.75) is 20.0 Å². The standard InChI is InChI=1S/C13H16N6O/c1-9-5-18-11(8-17-9)7-15-6-10-3-2-4-16-12(10)13(14)19-20/h2-5,8,15,20H,6-7H2,1H3,(H2,14,19). The van der Waals surface area contributed by atoms with Gasteiger partial charge in [-0.05, 0) is 18.6 Å². The largest absolute Gasteiger partial charge is 0.409 e. The third-order valence-corrected chi connectivity index (χ3v) is 2.70. The molecular formula is C13H16N6O. The monoisotopic (exact) mass is 272 g/mol. The van der Waals surface area contributed by atoms with Crippen LogP contribution in [0.25, 0.3) is 0 Å². The van der Waals surface area contributed by atoms with Crippen LogP contribution in [0.5, 0.6) is 0 Å². The maximum absolute atomic E-state index is 8.73. The molecule has 0 saturated carbocycles. The third kappa shape index (κ3) is 3.48. The van der Waals surface area contributed by atoms with Gasteiger partial charge < -0.3 is 16.3 Å². The molecule has 0 aliphatic carbocycles. The maximum atomic E-state index is 8.73. The van der Waals surface area contributed by atoms with Crippen molar-refractivity contribution in [2.24, 2.45) is 10.9 Å². The number of aromatic nitrogens is 3. The molecule has 0 aliphatic heterocycles. The van der Waals surface area contributed by atoms with Gasteiger partial charge in [-0.2, -0.15) is 0 Å². The molecule has 0 atom stereocenters. The molecule has 0 fully saturated rings. The van der Waals surface area contributed by atoms with Crippen molar-refractivity contribution in [3.05, 3.63) is 53.4 Å². The molecular weight excluding hydrogens is 256 g/mol. The fourth-order valence-corrected chi connectivity index (χ4v) is 1.70. The van der Waals surface area contributed by atoms with Gasteiger partial charge in [0, 0.05) is 31.7 Å². The summed E-state index contributed by atoms with van der Waals surface area (Å²) >= 11 is 0. The maximum Gasteiger partial charge on any atom is 0.189 e. The summed E-state index contributed by atoms with van der Waals surface area (Å²) in [6.45, 7) is 3.01. The lowest BCUT2D eigenvalue weighted by molar-refractivity contribution is 0.318. The highest BCUT2D eigenvalue weighted by Crippen LogP contribution is 2.05. The van der Waals surface area contributed by atoms with E-state index >= 15 is 0 Å². The molecule has 2 rings (SSSR count). The van der Waals surface area contributed by atoms with Crippen molar-refractivity contribution < 1.29 is 5.21 Å². The molecule has 0 radical (unpaired) electrons. The second kappa shape index (κ2) is 6.58. The number of hydrogen-bond donors (Lipinski definition) is 3. The third-order valence-electron chi connectivity index (χ3n) is 2.70. The molecule has 20 heavy (non-hydrogen) atoms. The molecule has 0 bridgehead atoms. The fraction of sp³-hybridized carbons (Fsp3) is 0.231. The summed E-state index contributed by atoms with van der Waals surface area (Å²) in [6, 6.07) is 3.67. The van der Waals surface area contributed by atoms with Crippen molar-refractivity contribution >= 4 is 5.84 Å². The van der Waals surface area contributed by atoms with E-state index in [1.54, 1.807) is 24.7 Å². The lowest BCUT2D eigenvalue weighted by atomic mass is 10.2. The van der Waals surface area contributed by atoms with Crippen LogP contribution in [0.4, 0.5) is 0 Å². The Balaban J connectivity index is 1.99. The minimum atomic E-state index is -0.00229. The lowest BCUT2D eigenvalue weighted by Crippen LogP contribution is -2.21. The van der Waals surface area contributed by atoms with Gasteiger partial charge in [0.05, 0.1) is 11.4 Å². The van der Waals surface area contributed by atoms with E-state index in [-0.39, 0.29) is 5.84 Å². The molecule has 2 aromatic rings. The van der Waals surface area contributed by atoms with Crippen LogP contribution in [-0.4, -0.2) is 26.0 Å². The summed E-state index contributed by atoms with van der Waals surface area (Å²) in [6.07, 6.45) is 5.06. The van der Waals surface area contributed by atoms with Gasteiger partial charge in [-0.25, -0.2) is 0 Å². The van der Waals surface area contributed by atoms with E-state index in [4.69, 9.17) is 10.9 Å². The average molecular weight is 272 g/mol. The number of amidine groups is 1. The zero-order valence-electron chi connectivity index (χ0n) is 11.1. The topological polar surface area (TPSA) is 109 Å². The van der Waals surface area contributed by atoms with E-state index < -0.39 is 0 Å². The van der Waals surface area contributed by atoms with E-state index in [1.807, 2.05) is 13.0 Å². The summed E-state index contributed by atoms with van der Waals surface area (Å²) in [7, 11) is 0. The number of rotatable bonds is 5. The van der Waals surface area contributed by atoms with Crippen LogP contribution in [-0.2, 0) is 13.1 Å².